The first-order valence-corrected chi connectivity index (χ1v) is 9.97. The molecule has 4 aromatic rings. The van der Waals surface area contributed by atoms with Gasteiger partial charge in [-0.05, 0) is 12.1 Å². The number of benzene rings is 2. The molecule has 0 unspecified atom stereocenters. The highest BCUT2D eigenvalue weighted by Gasteiger charge is 2.32. The number of rotatable bonds is 0. The molecule has 4 nitrogen and oxygen atoms in total. The summed E-state index contributed by atoms with van der Waals surface area (Å²) >= 11 is 0. The third kappa shape index (κ3) is 2.47. The predicted octanol–water partition coefficient (Wildman–Crippen LogP) is 4.55. The smallest absolute Gasteiger partial charge is 0.212 e. The van der Waals surface area contributed by atoms with Crippen LogP contribution in [0.3, 0.4) is 0 Å². The van der Waals surface area contributed by atoms with Gasteiger partial charge in [0, 0.05) is 45.5 Å². The molecule has 0 spiro atoms. The maximum Gasteiger partial charge on any atom is 0.212 e. The summed E-state index contributed by atoms with van der Waals surface area (Å²) in [4.78, 5) is 0. The number of hydrogen-bond donors (Lipinski definition) is 0. The molecule has 0 amide bonds. The van der Waals surface area contributed by atoms with Gasteiger partial charge in [-0.15, -0.1) is 0 Å². The number of fused-ring (bicyclic) bond motifs is 4. The topological polar surface area (TPSA) is 26.2 Å². The van der Waals surface area contributed by atoms with Crippen LogP contribution in [0.4, 0.5) is 0 Å². The zero-order chi connectivity index (χ0) is 20.2. The van der Waals surface area contributed by atoms with Crippen LogP contribution in [0.15, 0.2) is 85.5 Å². The Morgan fingerprint density at radius 3 is 1.37 bits per heavy atom. The third-order valence-electron chi connectivity index (χ3n) is 5.67. The molecule has 0 saturated heterocycles. The molecule has 0 N–H and O–H groups in total. The monoisotopic (exact) mass is 392 g/mol. The molecule has 0 saturated carbocycles. The molecule has 144 valence electrons. The van der Waals surface area contributed by atoms with Crippen LogP contribution in [0.25, 0.3) is 11.1 Å². The van der Waals surface area contributed by atoms with Crippen molar-refractivity contribution in [1.82, 2.24) is 0 Å². The van der Waals surface area contributed by atoms with E-state index in [0.29, 0.717) is 0 Å². The molecule has 30 heavy (non-hydrogen) atoms. The average Bonchev–Trinajstić information content (AvgIpc) is 2.76. The second kappa shape index (κ2) is 6.29. The van der Waals surface area contributed by atoms with Gasteiger partial charge in [0.15, 0.2) is 23.9 Å². The molecule has 4 heterocycles. The zero-order valence-electron chi connectivity index (χ0n) is 16.8. The van der Waals surface area contributed by atoms with Crippen LogP contribution in [-0.4, -0.2) is 0 Å². The van der Waals surface area contributed by atoms with Crippen molar-refractivity contribution in [1.29, 1.82) is 0 Å². The zero-order valence-corrected chi connectivity index (χ0v) is 16.8. The molecular weight excluding hydrogens is 372 g/mol. The molecular formula is C26H20N2O2+2. The second-order valence-electron chi connectivity index (χ2n) is 7.72. The van der Waals surface area contributed by atoms with Crippen LogP contribution in [0.5, 0.6) is 23.0 Å². The quantitative estimate of drug-likeness (QED) is 0.355. The van der Waals surface area contributed by atoms with Gasteiger partial charge in [-0.1, -0.05) is 36.4 Å². The van der Waals surface area contributed by atoms with Gasteiger partial charge in [0.1, 0.15) is 25.6 Å². The maximum atomic E-state index is 6.28. The van der Waals surface area contributed by atoms with E-state index in [0.717, 1.165) is 45.3 Å². The van der Waals surface area contributed by atoms with Crippen molar-refractivity contribution >= 4 is 11.1 Å². The second-order valence-corrected chi connectivity index (χ2v) is 7.72. The Morgan fingerprint density at radius 1 is 0.500 bits per heavy atom. The Labute approximate surface area is 174 Å². The lowest BCUT2D eigenvalue weighted by Crippen LogP contribution is -2.28. The number of pyridine rings is 2. The third-order valence-corrected chi connectivity index (χ3v) is 5.67. The van der Waals surface area contributed by atoms with E-state index in [2.05, 4.69) is 48.8 Å². The number of nitrogens with zero attached hydrogens (tertiary/aromatic N) is 2. The van der Waals surface area contributed by atoms with Crippen LogP contribution in [0, 0.1) is 0 Å². The molecule has 4 heteroatoms. The summed E-state index contributed by atoms with van der Waals surface area (Å²) in [5.74, 6) is 3.44. The first kappa shape index (κ1) is 17.0. The van der Waals surface area contributed by atoms with Gasteiger partial charge in [-0.3, -0.25) is 0 Å². The van der Waals surface area contributed by atoms with E-state index in [1.54, 1.807) is 0 Å². The standard InChI is InChI=1S/C26H20N2O2/c1-27-13-11-19-23(15-27)29-21-9-5-3-7-17(21)25(19)26-18-8-4-6-10-22(18)30-24-16-28(2)14-12-20(24)26/h3-16H,1-2H3/q+2/b26-25+. The lowest BCUT2D eigenvalue weighted by Gasteiger charge is -2.28. The summed E-state index contributed by atoms with van der Waals surface area (Å²) in [5.41, 5.74) is 6.67. The van der Waals surface area contributed by atoms with Crippen molar-refractivity contribution < 1.29 is 18.6 Å². The predicted molar refractivity (Wildman–Crippen MR) is 113 cm³/mol. The van der Waals surface area contributed by atoms with Gasteiger partial charge in [-0.25, -0.2) is 9.13 Å². The van der Waals surface area contributed by atoms with Crippen molar-refractivity contribution in [2.24, 2.45) is 14.1 Å². The van der Waals surface area contributed by atoms with Crippen LogP contribution in [0.2, 0.25) is 0 Å². The Hall–Kier alpha value is -3.92. The maximum absolute atomic E-state index is 6.28. The molecule has 6 rings (SSSR count). The number of hydrogen-bond acceptors (Lipinski definition) is 2. The SMILES string of the molecule is C[n+]1ccc2c(c1)Oc1ccccc1/C2=C1/c2ccccc2Oc2c[n+](C)ccc21. The van der Waals surface area contributed by atoms with Gasteiger partial charge in [-0.2, -0.15) is 0 Å². The van der Waals surface area contributed by atoms with E-state index in [1.165, 1.54) is 11.1 Å². The summed E-state index contributed by atoms with van der Waals surface area (Å²) in [6.45, 7) is 0. The Morgan fingerprint density at radius 2 is 0.900 bits per heavy atom. The lowest BCUT2D eigenvalue weighted by atomic mass is 9.83. The van der Waals surface area contributed by atoms with Crippen molar-refractivity contribution in [2.75, 3.05) is 0 Å². The molecule has 0 radical (unpaired) electrons. The number of para-hydroxylation sites is 2. The van der Waals surface area contributed by atoms with E-state index in [1.807, 2.05) is 59.9 Å². The lowest BCUT2D eigenvalue weighted by molar-refractivity contribution is -0.671. The number of aromatic nitrogens is 2. The van der Waals surface area contributed by atoms with Gasteiger partial charge < -0.3 is 9.47 Å². The van der Waals surface area contributed by atoms with Crippen LogP contribution in [0.1, 0.15) is 22.3 Å². The Balaban J connectivity index is 1.78. The van der Waals surface area contributed by atoms with Crippen molar-refractivity contribution in [3.05, 3.63) is 108 Å². The molecule has 0 fully saturated rings. The Kier molecular flexibility index (Phi) is 3.56. The fraction of sp³-hybridized carbons (Fsp3) is 0.0769. The summed E-state index contributed by atoms with van der Waals surface area (Å²) in [6.07, 6.45) is 8.19. The summed E-state index contributed by atoms with van der Waals surface area (Å²) < 4.78 is 16.6. The largest absolute Gasteiger partial charge is 0.450 e. The minimum Gasteiger partial charge on any atom is -0.450 e. The molecule has 2 aliphatic heterocycles. The van der Waals surface area contributed by atoms with Gasteiger partial charge >= 0.3 is 0 Å². The number of aryl methyl sites for hydroxylation is 2. The highest BCUT2D eigenvalue weighted by atomic mass is 16.5. The van der Waals surface area contributed by atoms with E-state index in [9.17, 15) is 0 Å². The van der Waals surface area contributed by atoms with Crippen molar-refractivity contribution in [2.45, 2.75) is 0 Å². The van der Waals surface area contributed by atoms with Crippen LogP contribution < -0.4 is 18.6 Å². The molecule has 2 aliphatic rings. The molecule has 2 aromatic carbocycles. The van der Waals surface area contributed by atoms with E-state index >= 15 is 0 Å². The van der Waals surface area contributed by atoms with Crippen LogP contribution >= 0.6 is 0 Å². The summed E-state index contributed by atoms with van der Waals surface area (Å²) in [7, 11) is 4.02. The van der Waals surface area contributed by atoms with Gasteiger partial charge in [0.25, 0.3) is 0 Å². The highest BCUT2D eigenvalue weighted by Crippen LogP contribution is 2.52. The molecule has 0 bridgehead atoms. The molecule has 0 aliphatic carbocycles. The number of ether oxygens (including phenoxy) is 2. The normalized spacial score (nSPS) is 15.8. The molecule has 0 atom stereocenters. The first-order chi connectivity index (χ1) is 14.7. The van der Waals surface area contributed by atoms with Gasteiger partial charge in [0.05, 0.1) is 0 Å². The molecule has 2 aromatic heterocycles. The summed E-state index contributed by atoms with van der Waals surface area (Å²) in [5, 5.41) is 0. The van der Waals surface area contributed by atoms with E-state index in [-0.39, 0.29) is 0 Å². The highest BCUT2D eigenvalue weighted by molar-refractivity contribution is 6.09. The van der Waals surface area contributed by atoms with E-state index < -0.39 is 0 Å². The van der Waals surface area contributed by atoms with Crippen molar-refractivity contribution in [3.8, 4) is 23.0 Å². The van der Waals surface area contributed by atoms with E-state index in [4.69, 9.17) is 9.47 Å². The minimum absolute atomic E-state index is 0.855. The average molecular weight is 392 g/mol. The fourth-order valence-corrected chi connectivity index (χ4v) is 4.31. The first-order valence-electron chi connectivity index (χ1n) is 9.97. The fourth-order valence-electron chi connectivity index (χ4n) is 4.31. The summed E-state index contributed by atoms with van der Waals surface area (Å²) in [6, 6.07) is 20.8. The van der Waals surface area contributed by atoms with Gasteiger partial charge in [0.2, 0.25) is 12.4 Å². The Bertz CT molecular complexity index is 1270. The van der Waals surface area contributed by atoms with Crippen molar-refractivity contribution in [3.63, 3.8) is 0 Å². The minimum atomic E-state index is 0.855. The van der Waals surface area contributed by atoms with Crippen LogP contribution in [-0.2, 0) is 14.1 Å².